The fourth-order valence-corrected chi connectivity index (χ4v) is 5.86. The van der Waals surface area contributed by atoms with Crippen LogP contribution in [0.2, 0.25) is 5.02 Å². The van der Waals surface area contributed by atoms with Crippen molar-refractivity contribution in [2.24, 2.45) is 11.3 Å². The molecule has 0 unspecified atom stereocenters. The number of nitrogens with zero attached hydrogens (tertiary/aromatic N) is 2. The van der Waals surface area contributed by atoms with Crippen LogP contribution in [0.15, 0.2) is 41.0 Å². The summed E-state index contributed by atoms with van der Waals surface area (Å²) in [6.07, 6.45) is 4.96. The topological polar surface area (TPSA) is 73.2 Å². The summed E-state index contributed by atoms with van der Waals surface area (Å²) in [6.45, 7) is 0.186. The van der Waals surface area contributed by atoms with Crippen LogP contribution in [0.4, 0.5) is 4.39 Å². The van der Waals surface area contributed by atoms with E-state index in [1.54, 1.807) is 35.1 Å². The van der Waals surface area contributed by atoms with E-state index in [4.69, 9.17) is 16.3 Å². The van der Waals surface area contributed by atoms with E-state index >= 15 is 0 Å². The summed E-state index contributed by atoms with van der Waals surface area (Å²) < 4.78 is 21.5. The van der Waals surface area contributed by atoms with Gasteiger partial charge in [0, 0.05) is 26.5 Å². The summed E-state index contributed by atoms with van der Waals surface area (Å²) in [5, 5.41) is 8.64. The van der Waals surface area contributed by atoms with Crippen LogP contribution in [0.25, 0.3) is 10.9 Å². The number of benzene rings is 2. The smallest absolute Gasteiger partial charge is 0.308 e. The number of nitrogens with one attached hydrogen (secondary N) is 1. The second kappa shape index (κ2) is 8.40. The number of amides is 1. The lowest BCUT2D eigenvalue weighted by Gasteiger charge is -2.56. The average Bonchev–Trinajstić information content (AvgIpc) is 3.11. The lowest BCUT2D eigenvalue weighted by atomic mass is 9.50. The van der Waals surface area contributed by atoms with E-state index in [1.807, 2.05) is 0 Å². The molecule has 2 aliphatic rings. The first kappa shape index (κ1) is 22.3. The highest BCUT2D eigenvalue weighted by molar-refractivity contribution is 9.10. The molecule has 33 heavy (non-hydrogen) atoms. The highest BCUT2D eigenvalue weighted by Crippen LogP contribution is 2.59. The Balaban J connectivity index is 1.33. The summed E-state index contributed by atoms with van der Waals surface area (Å²) in [7, 11) is 1.42. The maximum absolute atomic E-state index is 14.4. The molecule has 6 nitrogen and oxygen atoms in total. The van der Waals surface area contributed by atoms with Crippen LogP contribution in [0.1, 0.15) is 41.6 Å². The number of hydrogen-bond donors (Lipinski definition) is 1. The molecular formula is C24H22BrClFN3O3. The Hall–Kier alpha value is -2.45. The molecule has 0 aliphatic heterocycles. The number of rotatable bonds is 5. The third kappa shape index (κ3) is 4.15. The van der Waals surface area contributed by atoms with Gasteiger partial charge in [-0.15, -0.1) is 0 Å². The zero-order chi connectivity index (χ0) is 23.3. The minimum absolute atomic E-state index is 0.0208. The molecular weight excluding hydrogens is 513 g/mol. The second-order valence-electron chi connectivity index (χ2n) is 9.14. The van der Waals surface area contributed by atoms with Gasteiger partial charge in [0.05, 0.1) is 36.8 Å². The Kier molecular flexibility index (Phi) is 5.69. The fourth-order valence-electron chi connectivity index (χ4n) is 5.30. The first-order valence-corrected chi connectivity index (χ1v) is 11.9. The van der Waals surface area contributed by atoms with E-state index in [-0.39, 0.29) is 41.6 Å². The number of methoxy groups -OCH3 is 1. The van der Waals surface area contributed by atoms with Crippen LogP contribution in [0.5, 0.6) is 0 Å². The molecule has 1 N–H and O–H groups in total. The number of esters is 1. The van der Waals surface area contributed by atoms with Crippen LogP contribution < -0.4 is 5.32 Å². The molecule has 0 bridgehead atoms. The van der Waals surface area contributed by atoms with Crippen molar-refractivity contribution in [3.05, 3.63) is 63.0 Å². The molecule has 1 heterocycles. The molecule has 1 aromatic heterocycles. The van der Waals surface area contributed by atoms with Crippen LogP contribution in [-0.2, 0) is 16.1 Å². The predicted molar refractivity (Wildman–Crippen MR) is 126 cm³/mol. The summed E-state index contributed by atoms with van der Waals surface area (Å²) in [6, 6.07) is 8.28. The number of fused-ring (bicyclic) bond motifs is 1. The Morgan fingerprint density at radius 3 is 2.73 bits per heavy atom. The van der Waals surface area contributed by atoms with Crippen LogP contribution in [0, 0.1) is 17.2 Å². The molecule has 2 fully saturated rings. The Labute approximate surface area is 203 Å². The molecule has 9 heteroatoms. The summed E-state index contributed by atoms with van der Waals surface area (Å²) in [5.41, 5.74) is 1.63. The van der Waals surface area contributed by atoms with Crippen LogP contribution >= 0.6 is 27.5 Å². The van der Waals surface area contributed by atoms with Crippen molar-refractivity contribution in [2.75, 3.05) is 7.11 Å². The van der Waals surface area contributed by atoms with Crippen molar-refractivity contribution in [2.45, 2.75) is 38.3 Å². The maximum atomic E-state index is 14.4. The Morgan fingerprint density at radius 2 is 2.03 bits per heavy atom. The number of ether oxygens (including phenoxy) is 1. The zero-order valence-electron chi connectivity index (χ0n) is 17.9. The fraction of sp³-hybridized carbons (Fsp3) is 0.375. The number of halogens is 3. The normalized spacial score (nSPS) is 23.8. The van der Waals surface area contributed by atoms with E-state index in [2.05, 4.69) is 26.3 Å². The molecule has 172 valence electrons. The molecule has 1 spiro atoms. The van der Waals surface area contributed by atoms with Gasteiger partial charge in [0.2, 0.25) is 0 Å². The standard InChI is InChI=1S/C24H22BrClFN3O3/c1-33-23(32)15-7-24(8-15)9-18(10-24)29-22(31)19-6-17(26)4-14-11-28-30(21(14)19)12-13-2-3-16(25)5-20(13)27/h2-6,11,15,18H,7-10,12H2,1H3,(H,29,31). The number of hydrogen-bond acceptors (Lipinski definition) is 4. The minimum atomic E-state index is -0.349. The van der Waals surface area contributed by atoms with E-state index in [9.17, 15) is 14.0 Å². The van der Waals surface area contributed by atoms with Crippen molar-refractivity contribution in [1.29, 1.82) is 0 Å². The van der Waals surface area contributed by atoms with E-state index in [0.29, 0.717) is 26.1 Å². The summed E-state index contributed by atoms with van der Waals surface area (Å²) in [4.78, 5) is 24.9. The molecule has 3 aromatic rings. The van der Waals surface area contributed by atoms with Gasteiger partial charge >= 0.3 is 5.97 Å². The molecule has 0 saturated heterocycles. The van der Waals surface area contributed by atoms with E-state index in [0.717, 1.165) is 31.1 Å². The third-order valence-electron chi connectivity index (χ3n) is 6.87. The molecule has 0 atom stereocenters. The van der Waals surface area contributed by atoms with Gasteiger partial charge in [-0.25, -0.2) is 4.39 Å². The van der Waals surface area contributed by atoms with Crippen molar-refractivity contribution < 1.29 is 18.7 Å². The molecule has 2 aliphatic carbocycles. The van der Waals surface area contributed by atoms with Gasteiger partial charge < -0.3 is 10.1 Å². The molecule has 1 amide bonds. The van der Waals surface area contributed by atoms with Gasteiger partial charge in [-0.1, -0.05) is 33.6 Å². The monoisotopic (exact) mass is 533 g/mol. The quantitative estimate of drug-likeness (QED) is 0.462. The molecule has 2 saturated carbocycles. The van der Waals surface area contributed by atoms with Gasteiger partial charge in [0.15, 0.2) is 0 Å². The molecule has 2 aromatic carbocycles. The summed E-state index contributed by atoms with van der Waals surface area (Å²) in [5.74, 6) is -0.750. The van der Waals surface area contributed by atoms with E-state index < -0.39 is 0 Å². The first-order valence-electron chi connectivity index (χ1n) is 10.7. The lowest BCUT2D eigenvalue weighted by molar-refractivity contribution is -0.159. The van der Waals surface area contributed by atoms with Gasteiger partial charge in [-0.3, -0.25) is 14.3 Å². The Morgan fingerprint density at radius 1 is 1.27 bits per heavy atom. The Bertz CT molecular complexity index is 1260. The van der Waals surface area contributed by atoms with Crippen molar-refractivity contribution in [3.8, 4) is 0 Å². The maximum Gasteiger partial charge on any atom is 0.308 e. The third-order valence-corrected chi connectivity index (χ3v) is 7.58. The van der Waals surface area contributed by atoms with Crippen molar-refractivity contribution >= 4 is 50.3 Å². The number of aromatic nitrogens is 2. The van der Waals surface area contributed by atoms with Gasteiger partial charge in [0.1, 0.15) is 5.82 Å². The van der Waals surface area contributed by atoms with Gasteiger partial charge in [-0.2, -0.15) is 5.10 Å². The van der Waals surface area contributed by atoms with Crippen molar-refractivity contribution in [3.63, 3.8) is 0 Å². The van der Waals surface area contributed by atoms with E-state index in [1.165, 1.54) is 13.2 Å². The lowest BCUT2D eigenvalue weighted by Crippen LogP contribution is -2.57. The second-order valence-corrected chi connectivity index (χ2v) is 10.5. The summed E-state index contributed by atoms with van der Waals surface area (Å²) >= 11 is 9.54. The van der Waals surface area contributed by atoms with Crippen LogP contribution in [0.3, 0.4) is 0 Å². The highest BCUT2D eigenvalue weighted by Gasteiger charge is 2.55. The van der Waals surface area contributed by atoms with Gasteiger partial charge in [-0.05, 0) is 55.4 Å². The highest BCUT2D eigenvalue weighted by atomic mass is 79.9. The minimum Gasteiger partial charge on any atom is -0.469 e. The first-order chi connectivity index (χ1) is 15.8. The molecule has 0 radical (unpaired) electrons. The van der Waals surface area contributed by atoms with Gasteiger partial charge in [0.25, 0.3) is 5.91 Å². The SMILES string of the molecule is COC(=O)C1CC2(CC(NC(=O)c3cc(Cl)cc4cnn(Cc5ccc(Br)cc5F)c34)C2)C1. The number of carbonyl (C=O) groups is 2. The average molecular weight is 535 g/mol. The largest absolute Gasteiger partial charge is 0.469 e. The van der Waals surface area contributed by atoms with Crippen molar-refractivity contribution in [1.82, 2.24) is 15.1 Å². The molecule has 5 rings (SSSR count). The van der Waals surface area contributed by atoms with Crippen LogP contribution in [-0.4, -0.2) is 34.8 Å². The predicted octanol–water partition coefficient (Wildman–Crippen LogP) is 5.10. The number of carbonyl (C=O) groups excluding carboxylic acids is 2. The zero-order valence-corrected chi connectivity index (χ0v) is 20.2.